The Hall–Kier alpha value is -1.11. The monoisotopic (exact) mass is 322 g/mol. The number of methoxy groups -OCH3 is 1. The minimum Gasteiger partial charge on any atom is -0.409 e. The molecule has 0 atom stereocenters. The molecule has 12 heteroatoms. The highest BCUT2D eigenvalue weighted by atomic mass is 32.2. The lowest BCUT2D eigenvalue weighted by Gasteiger charge is -2.22. The van der Waals surface area contributed by atoms with Crippen LogP contribution in [-0.2, 0) is 14.9 Å². The molecule has 0 radical (unpaired) electrons. The number of amidine groups is 1. The van der Waals surface area contributed by atoms with Crippen LogP contribution in [0.2, 0.25) is 0 Å². The fraction of sp³-hybridized carbons (Fsp3) is 0.875. The predicted octanol–water partition coefficient (Wildman–Crippen LogP) is -0.532. The highest BCUT2D eigenvalue weighted by Crippen LogP contribution is 2.13. The van der Waals surface area contributed by atoms with Gasteiger partial charge < -0.3 is 15.7 Å². The second kappa shape index (κ2) is 8.24. The molecule has 0 aromatic heterocycles. The minimum atomic E-state index is -4.66. The summed E-state index contributed by atoms with van der Waals surface area (Å²) in [5.74, 6) is -0.238. The molecule has 0 rings (SSSR count). The molecular weight excluding hydrogens is 305 g/mol. The van der Waals surface area contributed by atoms with E-state index in [0.717, 1.165) is 4.31 Å². The van der Waals surface area contributed by atoms with E-state index in [-0.39, 0.29) is 32.0 Å². The first-order valence-electron chi connectivity index (χ1n) is 5.39. The van der Waals surface area contributed by atoms with E-state index in [2.05, 4.69) is 9.89 Å². The molecule has 0 aliphatic carbocycles. The molecular formula is C8H17F3N4O4S. The first kappa shape index (κ1) is 18.9. The van der Waals surface area contributed by atoms with E-state index < -0.39 is 22.9 Å². The smallest absolute Gasteiger partial charge is 0.402 e. The summed E-state index contributed by atoms with van der Waals surface area (Å²) in [7, 11) is -3.02. The SMILES string of the molecule is COCCN(CCC(N)=NO)S(=O)(=O)NCC(F)(F)F. The second-order valence-corrected chi connectivity index (χ2v) is 5.43. The summed E-state index contributed by atoms with van der Waals surface area (Å²) < 4.78 is 66.3. The van der Waals surface area contributed by atoms with Gasteiger partial charge in [-0.25, -0.2) is 0 Å². The number of alkyl halides is 3. The fourth-order valence-electron chi connectivity index (χ4n) is 1.10. The van der Waals surface area contributed by atoms with Gasteiger partial charge in [0.1, 0.15) is 12.4 Å². The number of hydrogen-bond acceptors (Lipinski definition) is 5. The number of nitrogens with one attached hydrogen (secondary N) is 1. The zero-order valence-corrected chi connectivity index (χ0v) is 11.5. The minimum absolute atomic E-state index is 0.0108. The van der Waals surface area contributed by atoms with Gasteiger partial charge in [0.2, 0.25) is 0 Å². The molecule has 0 aromatic rings. The van der Waals surface area contributed by atoms with Crippen LogP contribution >= 0.6 is 0 Å². The van der Waals surface area contributed by atoms with Crippen LogP contribution in [0.25, 0.3) is 0 Å². The van der Waals surface area contributed by atoms with E-state index in [9.17, 15) is 21.6 Å². The molecule has 0 aromatic carbocycles. The molecule has 8 nitrogen and oxygen atoms in total. The summed E-state index contributed by atoms with van der Waals surface area (Å²) in [6.07, 6.45) is -4.79. The quantitative estimate of drug-likeness (QED) is 0.228. The van der Waals surface area contributed by atoms with Gasteiger partial charge in [-0.2, -0.15) is 30.6 Å². The largest absolute Gasteiger partial charge is 0.409 e. The Morgan fingerprint density at radius 1 is 1.45 bits per heavy atom. The third-order valence-electron chi connectivity index (χ3n) is 2.09. The van der Waals surface area contributed by atoms with Gasteiger partial charge in [0, 0.05) is 26.6 Å². The number of oxime groups is 1. The molecule has 0 spiro atoms. The number of ether oxygens (including phenoxy) is 1. The maximum Gasteiger partial charge on any atom is 0.402 e. The Kier molecular flexibility index (Phi) is 7.78. The van der Waals surface area contributed by atoms with Crippen molar-refractivity contribution >= 4 is 16.0 Å². The van der Waals surface area contributed by atoms with Crippen LogP contribution in [0.1, 0.15) is 6.42 Å². The Balaban J connectivity index is 4.72. The van der Waals surface area contributed by atoms with Gasteiger partial charge in [-0.15, -0.1) is 0 Å². The van der Waals surface area contributed by atoms with Crippen LogP contribution in [0.5, 0.6) is 0 Å². The number of halogens is 3. The van der Waals surface area contributed by atoms with Crippen molar-refractivity contribution in [2.45, 2.75) is 12.6 Å². The Labute approximate surface area is 114 Å². The molecule has 0 aliphatic heterocycles. The Morgan fingerprint density at radius 3 is 2.50 bits per heavy atom. The number of rotatable bonds is 9. The molecule has 4 N–H and O–H groups in total. The van der Waals surface area contributed by atoms with E-state index in [1.807, 2.05) is 0 Å². The van der Waals surface area contributed by atoms with Gasteiger partial charge in [-0.05, 0) is 0 Å². The van der Waals surface area contributed by atoms with Gasteiger partial charge in [-0.1, -0.05) is 5.16 Å². The lowest BCUT2D eigenvalue weighted by atomic mass is 10.4. The van der Waals surface area contributed by atoms with Crippen LogP contribution in [0, 0.1) is 0 Å². The van der Waals surface area contributed by atoms with E-state index in [0.29, 0.717) is 0 Å². The van der Waals surface area contributed by atoms with Crippen LogP contribution in [0.4, 0.5) is 13.2 Å². The fourth-order valence-corrected chi connectivity index (χ4v) is 2.27. The summed E-state index contributed by atoms with van der Waals surface area (Å²) >= 11 is 0. The summed E-state index contributed by atoms with van der Waals surface area (Å²) in [5, 5.41) is 11.0. The van der Waals surface area contributed by atoms with Crippen LogP contribution in [-0.4, -0.2) is 63.3 Å². The van der Waals surface area contributed by atoms with Crippen molar-refractivity contribution in [1.29, 1.82) is 0 Å². The van der Waals surface area contributed by atoms with E-state index in [4.69, 9.17) is 10.9 Å². The second-order valence-electron chi connectivity index (χ2n) is 3.67. The van der Waals surface area contributed by atoms with Gasteiger partial charge >= 0.3 is 6.18 Å². The number of nitrogens with zero attached hydrogens (tertiary/aromatic N) is 2. The van der Waals surface area contributed by atoms with Crippen LogP contribution in [0.3, 0.4) is 0 Å². The Morgan fingerprint density at radius 2 is 2.05 bits per heavy atom. The molecule has 0 unspecified atom stereocenters. The van der Waals surface area contributed by atoms with Crippen LogP contribution in [0.15, 0.2) is 5.16 Å². The topological polar surface area (TPSA) is 117 Å². The molecule has 0 saturated carbocycles. The van der Waals surface area contributed by atoms with Gasteiger partial charge in [0.25, 0.3) is 10.2 Å². The zero-order valence-electron chi connectivity index (χ0n) is 10.7. The normalized spacial score (nSPS) is 13.9. The predicted molar refractivity (Wildman–Crippen MR) is 64.5 cm³/mol. The van der Waals surface area contributed by atoms with Crippen molar-refractivity contribution in [2.75, 3.05) is 33.4 Å². The highest BCUT2D eigenvalue weighted by Gasteiger charge is 2.31. The van der Waals surface area contributed by atoms with Gasteiger partial charge in [0.05, 0.1) is 6.61 Å². The molecule has 0 bridgehead atoms. The summed E-state index contributed by atoms with van der Waals surface area (Å²) in [6.45, 7) is -2.10. The average molecular weight is 322 g/mol. The van der Waals surface area contributed by atoms with E-state index in [1.54, 1.807) is 0 Å². The average Bonchev–Trinajstić information content (AvgIpc) is 2.35. The number of nitrogens with two attached hydrogens (primary N) is 1. The van der Waals surface area contributed by atoms with Gasteiger partial charge in [-0.3, -0.25) is 0 Å². The Bertz CT molecular complexity index is 412. The maximum atomic E-state index is 12.0. The van der Waals surface area contributed by atoms with Crippen LogP contribution < -0.4 is 10.5 Å². The molecule has 0 heterocycles. The summed E-state index contributed by atoms with van der Waals surface area (Å²) in [5.41, 5.74) is 5.18. The molecule has 0 fully saturated rings. The van der Waals surface area contributed by atoms with Crippen molar-refractivity contribution < 1.29 is 31.5 Å². The van der Waals surface area contributed by atoms with E-state index >= 15 is 0 Å². The molecule has 20 heavy (non-hydrogen) atoms. The maximum absolute atomic E-state index is 12.0. The number of hydrogen-bond donors (Lipinski definition) is 3. The third-order valence-corrected chi connectivity index (χ3v) is 3.64. The summed E-state index contributed by atoms with van der Waals surface area (Å²) in [4.78, 5) is 0. The van der Waals surface area contributed by atoms with Crippen molar-refractivity contribution in [3.63, 3.8) is 0 Å². The molecule has 120 valence electrons. The zero-order chi connectivity index (χ0) is 15.8. The van der Waals surface area contributed by atoms with Crippen molar-refractivity contribution in [2.24, 2.45) is 10.9 Å². The first-order valence-corrected chi connectivity index (χ1v) is 6.83. The molecule has 0 amide bonds. The van der Waals surface area contributed by atoms with Crippen molar-refractivity contribution in [1.82, 2.24) is 9.03 Å². The lowest BCUT2D eigenvalue weighted by Crippen LogP contribution is -2.46. The van der Waals surface area contributed by atoms with Crippen molar-refractivity contribution in [3.8, 4) is 0 Å². The lowest BCUT2D eigenvalue weighted by molar-refractivity contribution is -0.121. The van der Waals surface area contributed by atoms with Gasteiger partial charge in [0.15, 0.2) is 0 Å². The highest BCUT2D eigenvalue weighted by molar-refractivity contribution is 7.87. The van der Waals surface area contributed by atoms with Crippen molar-refractivity contribution in [3.05, 3.63) is 0 Å². The standard InChI is InChI=1S/C8H17F3N4O4S/c1-19-5-4-15(3-2-7(12)14-16)20(17,18)13-6-8(9,10)11/h13,16H,2-6H2,1H3,(H2,12,14). The molecule has 0 saturated heterocycles. The summed E-state index contributed by atoms with van der Waals surface area (Å²) in [6, 6.07) is 0. The first-order chi connectivity index (χ1) is 9.12. The third kappa shape index (κ3) is 8.14. The molecule has 0 aliphatic rings. The van der Waals surface area contributed by atoms with E-state index in [1.165, 1.54) is 11.8 Å².